The van der Waals surface area contributed by atoms with Crippen LogP contribution in [-0.4, -0.2) is 19.9 Å². The molecular weight excluding hydrogens is 293 g/mol. The number of nitrogens with zero attached hydrogens (tertiary/aromatic N) is 2. The van der Waals surface area contributed by atoms with Crippen LogP contribution >= 0.6 is 0 Å². The molecule has 0 atom stereocenters. The smallest absolute Gasteiger partial charge is 0.264 e. The van der Waals surface area contributed by atoms with Crippen molar-refractivity contribution in [1.82, 2.24) is 4.98 Å². The number of anilines is 2. The van der Waals surface area contributed by atoms with E-state index in [-0.39, 0.29) is 22.7 Å². The van der Waals surface area contributed by atoms with Crippen molar-refractivity contribution in [2.45, 2.75) is 18.7 Å². The minimum Gasteiger partial charge on any atom is -0.396 e. The lowest BCUT2D eigenvalue weighted by molar-refractivity contribution is 0.590. The zero-order valence-corrected chi connectivity index (χ0v) is 12.6. The fourth-order valence-electron chi connectivity index (χ4n) is 2.04. The molecule has 0 aliphatic rings. The second-order valence-corrected chi connectivity index (χ2v) is 6.38. The van der Waals surface area contributed by atoms with Gasteiger partial charge in [0, 0.05) is 18.9 Å². The number of nitrogen functional groups attached to an aromatic ring is 1. The summed E-state index contributed by atoms with van der Waals surface area (Å²) in [6.45, 7) is 3.44. The molecule has 2 N–H and O–H groups in total. The van der Waals surface area contributed by atoms with Gasteiger partial charge in [0.05, 0.1) is 16.3 Å². The lowest BCUT2D eigenvalue weighted by Gasteiger charge is -2.23. The predicted octanol–water partition coefficient (Wildman–Crippen LogP) is 2.33. The number of pyridine rings is 1. The maximum absolute atomic E-state index is 13.6. The van der Waals surface area contributed by atoms with Crippen LogP contribution < -0.4 is 10.0 Å². The number of hydrogen-bond acceptors (Lipinski definition) is 4. The quantitative estimate of drug-likeness (QED) is 0.879. The summed E-state index contributed by atoms with van der Waals surface area (Å²) in [5, 5.41) is 0. The molecule has 2 aromatic rings. The average molecular weight is 309 g/mol. The molecule has 7 heteroatoms. The average Bonchev–Trinajstić information content (AvgIpc) is 2.45. The van der Waals surface area contributed by atoms with E-state index in [1.54, 1.807) is 19.1 Å². The Labute approximate surface area is 123 Å². The third-order valence-electron chi connectivity index (χ3n) is 3.08. The summed E-state index contributed by atoms with van der Waals surface area (Å²) in [5.41, 5.74) is 6.04. The van der Waals surface area contributed by atoms with Crippen molar-refractivity contribution in [3.05, 3.63) is 48.0 Å². The van der Waals surface area contributed by atoms with E-state index >= 15 is 0 Å². The van der Waals surface area contributed by atoms with Gasteiger partial charge in [-0.3, -0.25) is 9.29 Å². The fourth-order valence-corrected chi connectivity index (χ4v) is 3.64. The first kappa shape index (κ1) is 15.2. The molecule has 1 aromatic carbocycles. The standard InChI is InChI=1S/C14H16FN3O2S/c1-3-18(11-4-6-17-7-5-11)21(19,20)12-8-10(2)14(15)13(16)9-12/h4-9H,3,16H2,1-2H3. The Balaban J connectivity index is 2.55. The molecule has 0 amide bonds. The van der Waals surface area contributed by atoms with Crippen molar-refractivity contribution < 1.29 is 12.8 Å². The maximum Gasteiger partial charge on any atom is 0.264 e. The number of halogens is 1. The van der Waals surface area contributed by atoms with Crippen LogP contribution in [0.2, 0.25) is 0 Å². The van der Waals surface area contributed by atoms with E-state index in [0.717, 1.165) is 6.07 Å². The van der Waals surface area contributed by atoms with Crippen molar-refractivity contribution in [1.29, 1.82) is 0 Å². The van der Waals surface area contributed by atoms with E-state index in [1.807, 2.05) is 0 Å². The highest BCUT2D eigenvalue weighted by Crippen LogP contribution is 2.26. The minimum absolute atomic E-state index is 0.0300. The fraction of sp³-hybridized carbons (Fsp3) is 0.214. The topological polar surface area (TPSA) is 76.3 Å². The van der Waals surface area contributed by atoms with Crippen LogP contribution in [0.15, 0.2) is 41.6 Å². The van der Waals surface area contributed by atoms with Gasteiger partial charge in [-0.2, -0.15) is 0 Å². The first-order valence-corrected chi connectivity index (χ1v) is 7.80. The molecule has 0 spiro atoms. The summed E-state index contributed by atoms with van der Waals surface area (Å²) < 4.78 is 40.2. The lowest BCUT2D eigenvalue weighted by atomic mass is 10.2. The van der Waals surface area contributed by atoms with Crippen LogP contribution in [0.1, 0.15) is 12.5 Å². The number of nitrogens with two attached hydrogens (primary N) is 1. The van der Waals surface area contributed by atoms with Gasteiger partial charge in [-0.25, -0.2) is 12.8 Å². The first-order chi connectivity index (χ1) is 9.87. The summed E-state index contributed by atoms with van der Waals surface area (Å²) in [6, 6.07) is 5.62. The number of sulfonamides is 1. The normalized spacial score (nSPS) is 11.4. The van der Waals surface area contributed by atoms with Crippen LogP contribution in [-0.2, 0) is 10.0 Å². The van der Waals surface area contributed by atoms with Crippen LogP contribution in [0.4, 0.5) is 15.8 Å². The molecule has 0 fully saturated rings. The zero-order valence-electron chi connectivity index (χ0n) is 11.7. The molecule has 0 radical (unpaired) electrons. The molecule has 112 valence electrons. The summed E-state index contributed by atoms with van der Waals surface area (Å²) in [4.78, 5) is 3.84. The molecular formula is C14H16FN3O2S. The Bertz CT molecular complexity index is 725. The van der Waals surface area contributed by atoms with Gasteiger partial charge in [0.1, 0.15) is 5.82 Å². The Kier molecular flexibility index (Phi) is 4.13. The molecule has 1 heterocycles. The molecule has 0 saturated carbocycles. The Morgan fingerprint density at radius 3 is 2.43 bits per heavy atom. The largest absolute Gasteiger partial charge is 0.396 e. The van der Waals surface area contributed by atoms with Crippen LogP contribution in [0, 0.1) is 12.7 Å². The second-order valence-electron chi connectivity index (χ2n) is 4.52. The van der Waals surface area contributed by atoms with Crippen molar-refractivity contribution in [2.24, 2.45) is 0 Å². The Hall–Kier alpha value is -2.15. The molecule has 2 rings (SSSR count). The van der Waals surface area contributed by atoms with Gasteiger partial charge in [-0.1, -0.05) is 0 Å². The Morgan fingerprint density at radius 2 is 1.90 bits per heavy atom. The van der Waals surface area contributed by atoms with Gasteiger partial charge in [-0.15, -0.1) is 0 Å². The van der Waals surface area contributed by atoms with E-state index in [0.29, 0.717) is 5.69 Å². The van der Waals surface area contributed by atoms with E-state index in [1.165, 1.54) is 29.7 Å². The summed E-state index contributed by atoms with van der Waals surface area (Å²) in [5.74, 6) is -0.596. The van der Waals surface area contributed by atoms with Gasteiger partial charge in [0.25, 0.3) is 10.0 Å². The summed E-state index contributed by atoms with van der Waals surface area (Å²) in [6.07, 6.45) is 3.02. The molecule has 0 aliphatic carbocycles. The lowest BCUT2D eigenvalue weighted by Crippen LogP contribution is -2.31. The molecule has 0 bridgehead atoms. The minimum atomic E-state index is -3.81. The summed E-state index contributed by atoms with van der Waals surface area (Å²) in [7, 11) is -3.81. The molecule has 0 saturated heterocycles. The first-order valence-electron chi connectivity index (χ1n) is 6.36. The van der Waals surface area contributed by atoms with Crippen LogP contribution in [0.3, 0.4) is 0 Å². The van der Waals surface area contributed by atoms with Gasteiger partial charge >= 0.3 is 0 Å². The molecule has 5 nitrogen and oxygen atoms in total. The SMILES string of the molecule is CCN(c1ccncc1)S(=O)(=O)c1cc(C)c(F)c(N)c1. The van der Waals surface area contributed by atoms with Crippen molar-refractivity contribution in [3.8, 4) is 0 Å². The van der Waals surface area contributed by atoms with Crippen molar-refractivity contribution in [3.63, 3.8) is 0 Å². The predicted molar refractivity (Wildman–Crippen MR) is 80.0 cm³/mol. The van der Waals surface area contributed by atoms with Gasteiger partial charge in [0.2, 0.25) is 0 Å². The third kappa shape index (κ3) is 2.82. The highest BCUT2D eigenvalue weighted by Gasteiger charge is 2.25. The zero-order chi connectivity index (χ0) is 15.6. The second kappa shape index (κ2) is 5.69. The maximum atomic E-state index is 13.6. The van der Waals surface area contributed by atoms with Gasteiger partial charge < -0.3 is 5.73 Å². The molecule has 0 unspecified atom stereocenters. The van der Waals surface area contributed by atoms with Gasteiger partial charge in [0.15, 0.2) is 0 Å². The molecule has 21 heavy (non-hydrogen) atoms. The number of hydrogen-bond donors (Lipinski definition) is 1. The number of rotatable bonds is 4. The summed E-state index contributed by atoms with van der Waals surface area (Å²) >= 11 is 0. The third-order valence-corrected chi connectivity index (χ3v) is 4.96. The monoisotopic (exact) mass is 309 g/mol. The molecule has 1 aromatic heterocycles. The number of aromatic nitrogens is 1. The van der Waals surface area contributed by atoms with Crippen molar-refractivity contribution in [2.75, 3.05) is 16.6 Å². The highest BCUT2D eigenvalue weighted by molar-refractivity contribution is 7.92. The Morgan fingerprint density at radius 1 is 1.29 bits per heavy atom. The van der Waals surface area contributed by atoms with Crippen molar-refractivity contribution >= 4 is 21.4 Å². The highest BCUT2D eigenvalue weighted by atomic mass is 32.2. The van der Waals surface area contributed by atoms with Gasteiger partial charge in [-0.05, 0) is 43.7 Å². The van der Waals surface area contributed by atoms with E-state index < -0.39 is 15.8 Å². The van der Waals surface area contributed by atoms with Crippen LogP contribution in [0.25, 0.3) is 0 Å². The molecule has 0 aliphatic heterocycles. The van der Waals surface area contributed by atoms with E-state index in [2.05, 4.69) is 4.98 Å². The number of benzene rings is 1. The number of aryl methyl sites for hydroxylation is 1. The van der Waals surface area contributed by atoms with Crippen LogP contribution in [0.5, 0.6) is 0 Å². The van der Waals surface area contributed by atoms with E-state index in [9.17, 15) is 12.8 Å². The van der Waals surface area contributed by atoms with E-state index in [4.69, 9.17) is 5.73 Å².